The minimum atomic E-state index is -3.23. The van der Waals surface area contributed by atoms with Gasteiger partial charge in [0.25, 0.3) is 0 Å². The molecule has 5 heterocycles. The molecule has 6 rings (SSSR count). The van der Waals surface area contributed by atoms with E-state index in [0.717, 1.165) is 65.6 Å². The van der Waals surface area contributed by atoms with Gasteiger partial charge in [-0.05, 0) is 42.8 Å². The van der Waals surface area contributed by atoms with Crippen molar-refractivity contribution in [2.75, 3.05) is 59.5 Å². The third-order valence-corrected chi connectivity index (χ3v) is 9.78. The van der Waals surface area contributed by atoms with Gasteiger partial charge in [-0.2, -0.15) is 0 Å². The molecular weight excluding hydrogens is 506 g/mol. The van der Waals surface area contributed by atoms with Crippen LogP contribution >= 0.6 is 11.3 Å². The molecule has 0 saturated carbocycles. The molecular formula is C26H29N7O2S2. The molecule has 192 valence electrons. The zero-order valence-corrected chi connectivity index (χ0v) is 22.3. The molecule has 4 aromatic rings. The number of fused-ring (bicyclic) bond motifs is 1. The van der Waals surface area contributed by atoms with E-state index in [4.69, 9.17) is 4.98 Å². The number of hydrogen-bond acceptors (Lipinski definition) is 9. The summed E-state index contributed by atoms with van der Waals surface area (Å²) in [6, 6.07) is 11.7. The summed E-state index contributed by atoms with van der Waals surface area (Å²) in [5.41, 5.74) is 4.26. The molecule has 11 heteroatoms. The second-order valence-electron chi connectivity index (χ2n) is 9.30. The topological polar surface area (TPSA) is 94.6 Å². The van der Waals surface area contributed by atoms with Crippen LogP contribution in [-0.4, -0.2) is 73.3 Å². The molecule has 0 amide bonds. The molecule has 0 spiro atoms. The van der Waals surface area contributed by atoms with Crippen LogP contribution in [0.25, 0.3) is 21.3 Å². The van der Waals surface area contributed by atoms with E-state index in [0.29, 0.717) is 24.6 Å². The Morgan fingerprint density at radius 1 is 1.03 bits per heavy atom. The van der Waals surface area contributed by atoms with Gasteiger partial charge < -0.3 is 15.1 Å². The highest BCUT2D eigenvalue weighted by molar-refractivity contribution is 7.93. The zero-order valence-electron chi connectivity index (χ0n) is 20.7. The summed E-state index contributed by atoms with van der Waals surface area (Å²) >= 11 is 1.58. The van der Waals surface area contributed by atoms with Gasteiger partial charge in [-0.3, -0.25) is 4.31 Å². The van der Waals surface area contributed by atoms with Crippen molar-refractivity contribution < 1.29 is 8.42 Å². The molecule has 2 aliphatic rings. The van der Waals surface area contributed by atoms with Gasteiger partial charge >= 0.3 is 0 Å². The fourth-order valence-electron chi connectivity index (χ4n) is 4.92. The van der Waals surface area contributed by atoms with Crippen LogP contribution in [0.5, 0.6) is 0 Å². The highest BCUT2D eigenvalue weighted by Gasteiger charge is 2.28. The predicted molar refractivity (Wildman–Crippen MR) is 150 cm³/mol. The van der Waals surface area contributed by atoms with Crippen molar-refractivity contribution in [3.8, 4) is 11.1 Å². The number of piperazine rings is 1. The van der Waals surface area contributed by atoms with E-state index in [1.54, 1.807) is 11.3 Å². The van der Waals surface area contributed by atoms with Crippen LogP contribution in [-0.2, 0) is 10.0 Å². The van der Waals surface area contributed by atoms with Crippen LogP contribution in [0.3, 0.4) is 0 Å². The quantitative estimate of drug-likeness (QED) is 0.393. The number of thiophene rings is 1. The maximum atomic E-state index is 12.4. The smallest absolute Gasteiger partial charge is 0.235 e. The average molecular weight is 536 g/mol. The lowest BCUT2D eigenvalue weighted by atomic mass is 10.1. The van der Waals surface area contributed by atoms with Gasteiger partial charge in [-0.1, -0.05) is 19.1 Å². The number of hydrogen-bond donors (Lipinski definition) is 1. The lowest BCUT2D eigenvalue weighted by Gasteiger charge is -2.34. The van der Waals surface area contributed by atoms with Gasteiger partial charge in [0, 0.05) is 43.7 Å². The second-order valence-corrected chi connectivity index (χ2v) is 12.2. The Morgan fingerprint density at radius 2 is 1.89 bits per heavy atom. The number of pyridine rings is 1. The Labute approximate surface area is 220 Å². The van der Waals surface area contributed by atoms with Crippen LogP contribution in [0.2, 0.25) is 0 Å². The van der Waals surface area contributed by atoms with E-state index < -0.39 is 10.0 Å². The minimum Gasteiger partial charge on any atom is -0.354 e. The first kappa shape index (κ1) is 24.1. The summed E-state index contributed by atoms with van der Waals surface area (Å²) in [5.74, 6) is 1.68. The monoisotopic (exact) mass is 535 g/mol. The second kappa shape index (κ2) is 9.88. The molecule has 9 nitrogen and oxygen atoms in total. The van der Waals surface area contributed by atoms with E-state index in [-0.39, 0.29) is 5.75 Å². The predicted octanol–water partition coefficient (Wildman–Crippen LogP) is 4.18. The van der Waals surface area contributed by atoms with E-state index in [9.17, 15) is 8.42 Å². The summed E-state index contributed by atoms with van der Waals surface area (Å²) in [5, 5.41) is 5.33. The number of aromatic nitrogens is 3. The van der Waals surface area contributed by atoms with Crippen molar-refractivity contribution in [2.45, 2.75) is 13.3 Å². The summed E-state index contributed by atoms with van der Waals surface area (Å²) < 4.78 is 27.3. The van der Waals surface area contributed by atoms with Crippen LogP contribution in [0.15, 0.2) is 54.2 Å². The highest BCUT2D eigenvalue weighted by Crippen LogP contribution is 2.36. The Bertz CT molecular complexity index is 1510. The molecule has 37 heavy (non-hydrogen) atoms. The first-order valence-corrected chi connectivity index (χ1v) is 15.0. The SMILES string of the molecule is CCN1CCN(c2ccc(Nc3ncc4scc(-c5cccc(N6CCCS6(=O)=O)c5)c4n3)cn2)CC1. The van der Waals surface area contributed by atoms with E-state index >= 15 is 0 Å². The Hall–Kier alpha value is -3.28. The normalized spacial score (nSPS) is 18.0. The molecule has 0 bridgehead atoms. The molecule has 0 aliphatic carbocycles. The Balaban J connectivity index is 1.22. The number of benzene rings is 1. The number of nitrogens with zero attached hydrogens (tertiary/aromatic N) is 6. The maximum Gasteiger partial charge on any atom is 0.235 e. The Morgan fingerprint density at radius 3 is 2.62 bits per heavy atom. The largest absolute Gasteiger partial charge is 0.354 e. The van der Waals surface area contributed by atoms with Crippen LogP contribution in [0, 0.1) is 0 Å². The van der Waals surface area contributed by atoms with E-state index in [1.165, 1.54) is 4.31 Å². The number of likely N-dealkylation sites (N-methyl/N-ethyl adjacent to an activating group) is 1. The van der Waals surface area contributed by atoms with Gasteiger partial charge in [-0.15, -0.1) is 11.3 Å². The fraction of sp³-hybridized carbons (Fsp3) is 0.346. The van der Waals surface area contributed by atoms with Gasteiger partial charge in [-0.25, -0.2) is 23.4 Å². The number of nitrogens with one attached hydrogen (secondary N) is 1. The van der Waals surface area contributed by atoms with Crippen molar-refractivity contribution in [3.63, 3.8) is 0 Å². The molecule has 1 N–H and O–H groups in total. The van der Waals surface area contributed by atoms with Crippen molar-refractivity contribution in [3.05, 3.63) is 54.2 Å². The first-order chi connectivity index (χ1) is 18.0. The first-order valence-electron chi connectivity index (χ1n) is 12.6. The Kier molecular flexibility index (Phi) is 6.43. The van der Waals surface area contributed by atoms with Crippen LogP contribution < -0.4 is 14.5 Å². The molecule has 3 aromatic heterocycles. The summed E-state index contributed by atoms with van der Waals surface area (Å²) in [6.45, 7) is 7.90. The molecule has 0 atom stereocenters. The molecule has 2 saturated heterocycles. The molecule has 0 radical (unpaired) electrons. The maximum absolute atomic E-state index is 12.4. The van der Waals surface area contributed by atoms with E-state index in [2.05, 4.69) is 37.4 Å². The number of sulfonamides is 1. The standard InChI is InChI=1S/C26H29N7O2S2/c1-2-31-10-12-32(13-11-31)24-8-7-20(16-27-24)29-26-28-17-23-25(30-26)22(18-36-23)19-5-3-6-21(15-19)33-9-4-14-37(33,34)35/h3,5-8,15-18H,2,4,9-14H2,1H3,(H,28,29,30). The third kappa shape index (κ3) is 4.86. The van der Waals surface area contributed by atoms with Crippen molar-refractivity contribution in [1.29, 1.82) is 0 Å². The summed E-state index contributed by atoms with van der Waals surface area (Å²) in [6.07, 6.45) is 4.30. The van der Waals surface area contributed by atoms with Crippen molar-refractivity contribution in [1.82, 2.24) is 19.9 Å². The minimum absolute atomic E-state index is 0.201. The fourth-order valence-corrected chi connectivity index (χ4v) is 7.35. The van der Waals surface area contributed by atoms with Crippen LogP contribution in [0.4, 0.5) is 23.1 Å². The number of rotatable bonds is 6. The van der Waals surface area contributed by atoms with Gasteiger partial charge in [0.05, 0.1) is 39.7 Å². The van der Waals surface area contributed by atoms with Gasteiger partial charge in [0.15, 0.2) is 0 Å². The molecule has 1 aromatic carbocycles. The van der Waals surface area contributed by atoms with Crippen molar-refractivity contribution in [2.24, 2.45) is 0 Å². The zero-order chi connectivity index (χ0) is 25.4. The molecule has 2 fully saturated rings. The number of anilines is 4. The highest BCUT2D eigenvalue weighted by atomic mass is 32.2. The van der Waals surface area contributed by atoms with Crippen LogP contribution in [0.1, 0.15) is 13.3 Å². The summed E-state index contributed by atoms with van der Waals surface area (Å²) in [4.78, 5) is 18.7. The summed E-state index contributed by atoms with van der Waals surface area (Å²) in [7, 11) is -3.23. The van der Waals surface area contributed by atoms with Gasteiger partial charge in [0.1, 0.15) is 5.82 Å². The van der Waals surface area contributed by atoms with E-state index in [1.807, 2.05) is 48.8 Å². The van der Waals surface area contributed by atoms with Crippen molar-refractivity contribution >= 4 is 54.7 Å². The average Bonchev–Trinajstić information content (AvgIpc) is 3.51. The lowest BCUT2D eigenvalue weighted by molar-refractivity contribution is 0.270. The lowest BCUT2D eigenvalue weighted by Crippen LogP contribution is -2.46. The van der Waals surface area contributed by atoms with Gasteiger partial charge in [0.2, 0.25) is 16.0 Å². The molecule has 0 unspecified atom stereocenters. The molecule has 2 aliphatic heterocycles. The third-order valence-electron chi connectivity index (χ3n) is 7.01.